The maximum Gasteiger partial charge on any atom is 0.265 e. The second kappa shape index (κ2) is 4.39. The average Bonchev–Trinajstić information content (AvgIpc) is 2.30. The number of carbonyl (C=O) groups excluding carboxylic acids is 1. The maximum atomic E-state index is 12.9. The molecule has 0 aromatic heterocycles. The van der Waals surface area contributed by atoms with E-state index < -0.39 is 23.9 Å². The Balaban J connectivity index is 2.19. The van der Waals surface area contributed by atoms with Crippen molar-refractivity contribution in [3.05, 3.63) is 24.0 Å². The van der Waals surface area contributed by atoms with Crippen LogP contribution in [0.3, 0.4) is 0 Å². The monoisotopic (exact) mass is 235 g/mol. The molecule has 0 fully saturated rings. The average molecular weight is 235 g/mol. The number of ether oxygens (including phenoxy) is 1. The van der Waals surface area contributed by atoms with Gasteiger partial charge in [0.2, 0.25) is 0 Å². The molecule has 1 aliphatic heterocycles. The van der Waals surface area contributed by atoms with Crippen molar-refractivity contribution in [3.8, 4) is 11.8 Å². The molecule has 0 radical (unpaired) electrons. The van der Waals surface area contributed by atoms with Crippen LogP contribution in [0.2, 0.25) is 0 Å². The molecule has 0 saturated carbocycles. The van der Waals surface area contributed by atoms with E-state index in [-0.39, 0.29) is 12.1 Å². The van der Waals surface area contributed by atoms with E-state index >= 15 is 0 Å². The van der Waals surface area contributed by atoms with Gasteiger partial charge in [-0.3, -0.25) is 4.79 Å². The van der Waals surface area contributed by atoms with Crippen LogP contribution in [0.25, 0.3) is 0 Å². The van der Waals surface area contributed by atoms with Gasteiger partial charge in [0.1, 0.15) is 11.6 Å². The minimum atomic E-state index is -0.817. The lowest BCUT2D eigenvalue weighted by atomic mass is 10.1. The van der Waals surface area contributed by atoms with Gasteiger partial charge in [-0.1, -0.05) is 0 Å². The highest BCUT2D eigenvalue weighted by atomic mass is 19.1. The minimum Gasteiger partial charge on any atom is -0.478 e. The molecule has 0 spiro atoms. The van der Waals surface area contributed by atoms with E-state index in [9.17, 15) is 9.18 Å². The van der Waals surface area contributed by atoms with E-state index in [1.54, 1.807) is 0 Å². The van der Waals surface area contributed by atoms with Crippen molar-refractivity contribution in [2.75, 3.05) is 5.32 Å². The molecule has 2 rings (SSSR count). The van der Waals surface area contributed by atoms with Crippen molar-refractivity contribution in [2.45, 2.75) is 18.6 Å². The van der Waals surface area contributed by atoms with Crippen molar-refractivity contribution < 1.29 is 13.9 Å². The molecule has 1 amide bonds. The highest BCUT2D eigenvalue weighted by Gasteiger charge is 2.29. The highest BCUT2D eigenvalue weighted by Crippen LogP contribution is 2.30. The fourth-order valence-corrected chi connectivity index (χ4v) is 1.56. The molecule has 6 heteroatoms. The second-order valence-electron chi connectivity index (χ2n) is 3.71. The third-order valence-corrected chi connectivity index (χ3v) is 2.39. The van der Waals surface area contributed by atoms with Crippen molar-refractivity contribution in [3.63, 3.8) is 0 Å². The van der Waals surface area contributed by atoms with E-state index in [4.69, 9.17) is 15.7 Å². The number of fused-ring (bicyclic) bond motifs is 1. The number of nitrogens with one attached hydrogen (secondary N) is 1. The molecule has 1 aromatic carbocycles. The van der Waals surface area contributed by atoms with Crippen LogP contribution < -0.4 is 15.8 Å². The normalized spacial score (nSPS) is 19.6. The lowest BCUT2D eigenvalue weighted by Gasteiger charge is -2.26. The zero-order valence-corrected chi connectivity index (χ0v) is 8.81. The third kappa shape index (κ3) is 2.34. The van der Waals surface area contributed by atoms with Gasteiger partial charge in [-0.2, -0.15) is 5.26 Å². The van der Waals surface area contributed by atoms with Crippen molar-refractivity contribution in [2.24, 2.45) is 5.73 Å². The Labute approximate surface area is 97.0 Å². The molecule has 0 aliphatic carbocycles. The number of halogens is 1. The number of nitriles is 1. The van der Waals surface area contributed by atoms with Crippen LogP contribution in [0, 0.1) is 17.1 Å². The number of anilines is 1. The van der Waals surface area contributed by atoms with Gasteiger partial charge in [-0.15, -0.1) is 0 Å². The Bertz CT molecular complexity index is 498. The first-order chi connectivity index (χ1) is 8.10. The molecule has 0 bridgehead atoms. The molecule has 3 N–H and O–H groups in total. The Morgan fingerprint density at radius 2 is 2.41 bits per heavy atom. The highest BCUT2D eigenvalue weighted by molar-refractivity contribution is 5.97. The van der Waals surface area contributed by atoms with Crippen LogP contribution in [-0.4, -0.2) is 18.1 Å². The Kier molecular flexibility index (Phi) is 2.93. The summed E-state index contributed by atoms with van der Waals surface area (Å²) in [5.74, 6) is -0.505. The topological polar surface area (TPSA) is 88.1 Å². The standard InChI is InChI=1S/C11H10FN3O2/c12-6-1-2-9-8(3-6)15-11(16)10(17-9)4-7(14)5-13/h1-3,7,10H,4,14H2,(H,15,16)/t7-,10-/m0/s1. The molecule has 17 heavy (non-hydrogen) atoms. The number of carbonyl (C=O) groups is 1. The predicted octanol–water partition coefficient (Wildman–Crippen LogP) is 0.766. The lowest BCUT2D eigenvalue weighted by molar-refractivity contribution is -0.123. The molecule has 1 aliphatic rings. The van der Waals surface area contributed by atoms with Crippen LogP contribution in [0.5, 0.6) is 5.75 Å². The summed E-state index contributed by atoms with van der Waals surface area (Å²) < 4.78 is 18.3. The van der Waals surface area contributed by atoms with E-state index in [0.717, 1.165) is 0 Å². The summed E-state index contributed by atoms with van der Waals surface area (Å²) in [6.45, 7) is 0. The van der Waals surface area contributed by atoms with Crippen LogP contribution in [0.15, 0.2) is 18.2 Å². The number of amides is 1. The zero-order valence-electron chi connectivity index (χ0n) is 8.81. The largest absolute Gasteiger partial charge is 0.478 e. The summed E-state index contributed by atoms with van der Waals surface area (Å²) in [6, 6.07) is 4.89. The maximum absolute atomic E-state index is 12.9. The molecule has 5 nitrogen and oxygen atoms in total. The van der Waals surface area contributed by atoms with Gasteiger partial charge >= 0.3 is 0 Å². The summed E-state index contributed by atoms with van der Waals surface area (Å²) in [4.78, 5) is 11.6. The molecule has 1 heterocycles. The van der Waals surface area contributed by atoms with Crippen molar-refractivity contribution >= 4 is 11.6 Å². The fraction of sp³-hybridized carbons (Fsp3) is 0.273. The van der Waals surface area contributed by atoms with Crippen LogP contribution in [0.4, 0.5) is 10.1 Å². The predicted molar refractivity (Wildman–Crippen MR) is 57.7 cm³/mol. The molecular formula is C11H10FN3O2. The minimum absolute atomic E-state index is 0.0964. The number of hydrogen-bond donors (Lipinski definition) is 2. The number of hydrogen-bond acceptors (Lipinski definition) is 4. The smallest absolute Gasteiger partial charge is 0.265 e. The van der Waals surface area contributed by atoms with Gasteiger partial charge in [-0.05, 0) is 12.1 Å². The lowest BCUT2D eigenvalue weighted by Crippen LogP contribution is -2.40. The molecular weight excluding hydrogens is 225 g/mol. The van der Waals surface area contributed by atoms with Crippen LogP contribution in [0.1, 0.15) is 6.42 Å². The van der Waals surface area contributed by atoms with E-state index in [2.05, 4.69) is 5.32 Å². The van der Waals surface area contributed by atoms with E-state index in [0.29, 0.717) is 5.75 Å². The van der Waals surface area contributed by atoms with Gasteiger partial charge < -0.3 is 15.8 Å². The summed E-state index contributed by atoms with van der Waals surface area (Å²) in [5, 5.41) is 11.1. The SMILES string of the molecule is N#C[C@@H](N)C[C@@H]1Oc2ccc(F)cc2NC1=O. The number of nitrogens with two attached hydrogens (primary N) is 1. The van der Waals surface area contributed by atoms with E-state index in [1.165, 1.54) is 18.2 Å². The summed E-state index contributed by atoms with van der Waals surface area (Å²) >= 11 is 0. The molecule has 88 valence electrons. The quantitative estimate of drug-likeness (QED) is 0.792. The number of rotatable bonds is 2. The Hall–Kier alpha value is -2.13. The Morgan fingerprint density at radius 3 is 3.12 bits per heavy atom. The van der Waals surface area contributed by atoms with E-state index in [1.807, 2.05) is 6.07 Å². The van der Waals surface area contributed by atoms with Crippen LogP contribution >= 0.6 is 0 Å². The third-order valence-electron chi connectivity index (χ3n) is 2.39. The first kappa shape index (κ1) is 11.4. The first-order valence-electron chi connectivity index (χ1n) is 5.02. The summed E-state index contributed by atoms with van der Waals surface area (Å²) in [5.41, 5.74) is 5.72. The molecule has 0 unspecified atom stereocenters. The number of benzene rings is 1. The molecule has 2 atom stereocenters. The molecule has 1 aromatic rings. The van der Waals surface area contributed by atoms with Gasteiger partial charge in [-0.25, -0.2) is 4.39 Å². The van der Waals surface area contributed by atoms with Gasteiger partial charge in [0.25, 0.3) is 5.91 Å². The zero-order chi connectivity index (χ0) is 12.4. The van der Waals surface area contributed by atoms with Crippen molar-refractivity contribution in [1.29, 1.82) is 5.26 Å². The van der Waals surface area contributed by atoms with Gasteiger partial charge in [0, 0.05) is 12.5 Å². The molecule has 0 saturated heterocycles. The van der Waals surface area contributed by atoms with Gasteiger partial charge in [0.05, 0.1) is 17.8 Å². The first-order valence-corrected chi connectivity index (χ1v) is 5.02. The number of nitrogens with zero attached hydrogens (tertiary/aromatic N) is 1. The summed E-state index contributed by atoms with van der Waals surface area (Å²) in [7, 11) is 0. The fourth-order valence-electron chi connectivity index (χ4n) is 1.56. The Morgan fingerprint density at radius 1 is 1.65 bits per heavy atom. The second-order valence-corrected chi connectivity index (χ2v) is 3.71. The summed E-state index contributed by atoms with van der Waals surface area (Å²) in [6.07, 6.45) is -0.721. The van der Waals surface area contributed by atoms with Gasteiger partial charge in [0.15, 0.2) is 6.10 Å². The van der Waals surface area contributed by atoms with Crippen molar-refractivity contribution in [1.82, 2.24) is 0 Å². The van der Waals surface area contributed by atoms with Crippen LogP contribution in [-0.2, 0) is 4.79 Å².